The van der Waals surface area contributed by atoms with Gasteiger partial charge in [-0.1, -0.05) is 12.7 Å². The molecule has 1 aliphatic carbocycles. The summed E-state index contributed by atoms with van der Waals surface area (Å²) in [5.74, 6) is 0.674. The SMILES string of the molecule is C=C1CSC(c2cnc3c(n2)C=CC3)C(=O)N1. The molecule has 0 bridgehead atoms. The van der Waals surface area contributed by atoms with Gasteiger partial charge in [0.1, 0.15) is 5.25 Å². The van der Waals surface area contributed by atoms with Gasteiger partial charge in [-0.15, -0.1) is 11.8 Å². The van der Waals surface area contributed by atoms with E-state index in [-0.39, 0.29) is 11.2 Å². The predicted molar refractivity (Wildman–Crippen MR) is 67.3 cm³/mol. The van der Waals surface area contributed by atoms with E-state index in [2.05, 4.69) is 21.9 Å². The Balaban J connectivity index is 1.91. The summed E-state index contributed by atoms with van der Waals surface area (Å²) in [5.41, 5.74) is 3.36. The number of carbonyl (C=O) groups excluding carboxylic acids is 1. The number of allylic oxidation sites excluding steroid dienone is 1. The van der Waals surface area contributed by atoms with Gasteiger partial charge in [-0.25, -0.2) is 4.98 Å². The second kappa shape index (κ2) is 4.00. The lowest BCUT2D eigenvalue weighted by atomic mass is 10.2. The molecule has 1 aromatic rings. The molecule has 0 aromatic carbocycles. The summed E-state index contributed by atoms with van der Waals surface area (Å²) >= 11 is 1.54. The quantitative estimate of drug-likeness (QED) is 0.814. The fraction of sp³-hybridized carbons (Fsp3) is 0.250. The molecule has 0 spiro atoms. The van der Waals surface area contributed by atoms with E-state index < -0.39 is 0 Å². The molecule has 1 unspecified atom stereocenters. The van der Waals surface area contributed by atoms with Crippen molar-refractivity contribution in [2.24, 2.45) is 0 Å². The van der Waals surface area contributed by atoms with Gasteiger partial charge in [0.2, 0.25) is 5.91 Å². The minimum absolute atomic E-state index is 0.0533. The smallest absolute Gasteiger partial charge is 0.243 e. The minimum Gasteiger partial charge on any atom is -0.328 e. The van der Waals surface area contributed by atoms with Crippen LogP contribution in [0.5, 0.6) is 0 Å². The summed E-state index contributed by atoms with van der Waals surface area (Å²) in [6.07, 6.45) is 6.53. The summed E-state index contributed by atoms with van der Waals surface area (Å²) < 4.78 is 0. The van der Waals surface area contributed by atoms with Gasteiger partial charge in [-0.3, -0.25) is 9.78 Å². The Kier molecular flexibility index (Phi) is 2.48. The molecule has 86 valence electrons. The molecule has 1 aromatic heterocycles. The van der Waals surface area contributed by atoms with E-state index in [1.54, 1.807) is 6.20 Å². The molecule has 4 nitrogen and oxygen atoms in total. The van der Waals surface area contributed by atoms with Gasteiger partial charge < -0.3 is 5.32 Å². The average Bonchev–Trinajstić information content (AvgIpc) is 2.75. The number of hydrogen-bond acceptors (Lipinski definition) is 4. The second-order valence-corrected chi connectivity index (χ2v) is 5.11. The van der Waals surface area contributed by atoms with Crippen LogP contribution in [0.1, 0.15) is 22.3 Å². The Bertz CT molecular complexity index is 539. The summed E-state index contributed by atoms with van der Waals surface area (Å²) in [7, 11) is 0. The minimum atomic E-state index is -0.271. The number of carbonyl (C=O) groups is 1. The van der Waals surface area contributed by atoms with Gasteiger partial charge in [0.05, 0.1) is 23.3 Å². The third-order valence-electron chi connectivity index (χ3n) is 2.72. The highest BCUT2D eigenvalue weighted by atomic mass is 32.2. The monoisotopic (exact) mass is 245 g/mol. The molecule has 2 aliphatic rings. The van der Waals surface area contributed by atoms with Crippen LogP contribution >= 0.6 is 11.8 Å². The van der Waals surface area contributed by atoms with Crippen molar-refractivity contribution >= 4 is 23.7 Å². The van der Waals surface area contributed by atoms with Gasteiger partial charge in [-0.2, -0.15) is 0 Å². The maximum atomic E-state index is 11.8. The number of rotatable bonds is 1. The highest BCUT2D eigenvalue weighted by Crippen LogP contribution is 2.32. The number of fused-ring (bicyclic) bond motifs is 1. The number of amides is 1. The van der Waals surface area contributed by atoms with Crippen molar-refractivity contribution in [3.8, 4) is 0 Å². The summed E-state index contributed by atoms with van der Waals surface area (Å²) in [5, 5.41) is 2.48. The number of thioether (sulfide) groups is 1. The first-order valence-electron chi connectivity index (χ1n) is 5.36. The average molecular weight is 245 g/mol. The van der Waals surface area contributed by atoms with E-state index in [9.17, 15) is 4.79 Å². The Labute approximate surface area is 103 Å². The Morgan fingerprint density at radius 1 is 1.53 bits per heavy atom. The molecule has 0 saturated carbocycles. The van der Waals surface area contributed by atoms with Gasteiger partial charge >= 0.3 is 0 Å². The van der Waals surface area contributed by atoms with Gasteiger partial charge in [0.15, 0.2) is 0 Å². The lowest BCUT2D eigenvalue weighted by Crippen LogP contribution is -2.33. The van der Waals surface area contributed by atoms with E-state index in [1.807, 2.05) is 12.2 Å². The molecule has 3 rings (SSSR count). The molecule has 1 fully saturated rings. The molecule has 0 radical (unpaired) electrons. The van der Waals surface area contributed by atoms with Crippen molar-refractivity contribution in [1.29, 1.82) is 0 Å². The molecule has 2 heterocycles. The van der Waals surface area contributed by atoms with Crippen molar-refractivity contribution < 1.29 is 4.79 Å². The number of nitrogens with zero attached hydrogens (tertiary/aromatic N) is 2. The fourth-order valence-corrected chi connectivity index (χ4v) is 2.83. The van der Waals surface area contributed by atoms with E-state index >= 15 is 0 Å². The van der Waals surface area contributed by atoms with Gasteiger partial charge in [-0.05, 0) is 6.08 Å². The topological polar surface area (TPSA) is 54.9 Å². The second-order valence-electron chi connectivity index (χ2n) is 4.02. The summed E-state index contributed by atoms with van der Waals surface area (Å²) in [6, 6.07) is 0. The largest absolute Gasteiger partial charge is 0.328 e. The van der Waals surface area contributed by atoms with Crippen LogP contribution in [0, 0.1) is 0 Å². The molecule has 1 aliphatic heterocycles. The lowest BCUT2D eigenvalue weighted by molar-refractivity contribution is -0.120. The molecule has 17 heavy (non-hydrogen) atoms. The van der Waals surface area contributed by atoms with Crippen LogP contribution in [0.2, 0.25) is 0 Å². The highest BCUT2D eigenvalue weighted by molar-refractivity contribution is 8.00. The fourth-order valence-electron chi connectivity index (χ4n) is 1.90. The third kappa shape index (κ3) is 1.86. The summed E-state index contributed by atoms with van der Waals surface area (Å²) in [4.78, 5) is 20.7. The van der Waals surface area contributed by atoms with Crippen LogP contribution in [-0.2, 0) is 11.2 Å². The van der Waals surface area contributed by atoms with Crippen molar-refractivity contribution in [3.05, 3.63) is 41.6 Å². The molecule has 1 atom stereocenters. The van der Waals surface area contributed by atoms with Gasteiger partial charge in [0, 0.05) is 17.9 Å². The number of nitrogens with one attached hydrogen (secondary N) is 1. The van der Waals surface area contributed by atoms with Crippen LogP contribution in [0.3, 0.4) is 0 Å². The maximum Gasteiger partial charge on any atom is 0.243 e. The molecule has 1 N–H and O–H groups in total. The van der Waals surface area contributed by atoms with Crippen LogP contribution in [0.25, 0.3) is 6.08 Å². The standard InChI is InChI=1S/C12H11N3OS/c1-7-6-17-11(12(16)14-7)10-5-13-8-3-2-4-9(8)15-10/h2,4-5,11H,1,3,6H2,(H,14,16). The van der Waals surface area contributed by atoms with Crippen molar-refractivity contribution in [2.45, 2.75) is 11.7 Å². The first-order valence-corrected chi connectivity index (χ1v) is 6.41. The lowest BCUT2D eigenvalue weighted by Gasteiger charge is -2.22. The first kappa shape index (κ1) is 10.5. The molecule has 1 saturated heterocycles. The van der Waals surface area contributed by atoms with E-state index in [0.717, 1.165) is 35.0 Å². The van der Waals surface area contributed by atoms with Crippen LogP contribution in [-0.4, -0.2) is 21.6 Å². The Morgan fingerprint density at radius 3 is 3.24 bits per heavy atom. The number of aromatic nitrogens is 2. The summed E-state index contributed by atoms with van der Waals surface area (Å²) in [6.45, 7) is 3.75. The van der Waals surface area contributed by atoms with Crippen molar-refractivity contribution in [1.82, 2.24) is 15.3 Å². The molecular formula is C12H11N3OS. The van der Waals surface area contributed by atoms with Gasteiger partial charge in [0.25, 0.3) is 0 Å². The zero-order valence-electron chi connectivity index (χ0n) is 9.14. The Morgan fingerprint density at radius 2 is 2.41 bits per heavy atom. The van der Waals surface area contributed by atoms with Crippen LogP contribution in [0.4, 0.5) is 0 Å². The van der Waals surface area contributed by atoms with E-state index in [4.69, 9.17) is 0 Å². The first-order chi connectivity index (χ1) is 8.24. The zero-order chi connectivity index (χ0) is 11.8. The van der Waals surface area contributed by atoms with Crippen molar-refractivity contribution in [2.75, 3.05) is 5.75 Å². The zero-order valence-corrected chi connectivity index (χ0v) is 9.96. The highest BCUT2D eigenvalue weighted by Gasteiger charge is 2.28. The maximum absolute atomic E-state index is 11.8. The van der Waals surface area contributed by atoms with Crippen molar-refractivity contribution in [3.63, 3.8) is 0 Å². The Hall–Kier alpha value is -1.62. The van der Waals surface area contributed by atoms with Crippen LogP contribution in [0.15, 0.2) is 24.5 Å². The molecule has 5 heteroatoms. The van der Waals surface area contributed by atoms with E-state index in [1.165, 1.54) is 11.8 Å². The third-order valence-corrected chi connectivity index (χ3v) is 4.02. The number of hydrogen-bond donors (Lipinski definition) is 1. The predicted octanol–water partition coefficient (Wildman–Crippen LogP) is 1.46. The van der Waals surface area contributed by atoms with Crippen LogP contribution < -0.4 is 5.32 Å². The van der Waals surface area contributed by atoms with E-state index in [0.29, 0.717) is 0 Å². The normalized spacial score (nSPS) is 22.5. The molecule has 1 amide bonds. The molecular weight excluding hydrogens is 234 g/mol.